The molecule has 2 nitrogen and oxygen atoms in total. The van der Waals surface area contributed by atoms with Crippen molar-refractivity contribution in [2.45, 2.75) is 38.7 Å². The summed E-state index contributed by atoms with van der Waals surface area (Å²) in [5.41, 5.74) is 1.35. The molecule has 0 saturated carbocycles. The van der Waals surface area contributed by atoms with Gasteiger partial charge < -0.3 is 9.84 Å². The Hall–Kier alpha value is -0.860. The highest BCUT2D eigenvalue weighted by atomic mass is 16.5. The van der Waals surface area contributed by atoms with Gasteiger partial charge in [0.05, 0.1) is 6.10 Å². The van der Waals surface area contributed by atoms with Crippen molar-refractivity contribution in [2.24, 2.45) is 5.92 Å². The first kappa shape index (κ1) is 14.2. The lowest BCUT2D eigenvalue weighted by atomic mass is 9.96. The molecule has 0 saturated heterocycles. The van der Waals surface area contributed by atoms with Crippen molar-refractivity contribution >= 4 is 0 Å². The minimum atomic E-state index is -0.200. The van der Waals surface area contributed by atoms with Crippen molar-refractivity contribution < 1.29 is 9.84 Å². The summed E-state index contributed by atoms with van der Waals surface area (Å²) in [5, 5.41) is 9.97. The highest BCUT2D eigenvalue weighted by Crippen LogP contribution is 2.15. The molecule has 2 heteroatoms. The average molecular weight is 236 g/mol. The van der Waals surface area contributed by atoms with Crippen LogP contribution in [0.4, 0.5) is 0 Å². The lowest BCUT2D eigenvalue weighted by Gasteiger charge is -2.18. The molecule has 1 aromatic carbocycles. The summed E-state index contributed by atoms with van der Waals surface area (Å²) < 4.78 is 5.03. The summed E-state index contributed by atoms with van der Waals surface area (Å²) in [4.78, 5) is 0. The van der Waals surface area contributed by atoms with Crippen LogP contribution in [0.15, 0.2) is 30.3 Å². The molecule has 0 aromatic heterocycles. The third-order valence-electron chi connectivity index (χ3n) is 3.24. The number of rotatable bonds is 8. The molecule has 1 aromatic rings. The number of hydrogen-bond donors (Lipinski definition) is 1. The second kappa shape index (κ2) is 8.26. The predicted octanol–water partition coefficient (Wildman–Crippen LogP) is 3.04. The predicted molar refractivity (Wildman–Crippen MR) is 71.0 cm³/mol. The number of aryl methyl sites for hydroxylation is 1. The zero-order valence-corrected chi connectivity index (χ0v) is 10.9. The summed E-state index contributed by atoms with van der Waals surface area (Å²) in [7, 11) is 1.70. The fourth-order valence-electron chi connectivity index (χ4n) is 1.94. The van der Waals surface area contributed by atoms with E-state index in [0.29, 0.717) is 5.92 Å². The normalized spacial score (nSPS) is 14.5. The Kier molecular flexibility index (Phi) is 6.90. The number of ether oxygens (including phenoxy) is 1. The summed E-state index contributed by atoms with van der Waals surface area (Å²) >= 11 is 0. The number of benzene rings is 1. The quantitative estimate of drug-likeness (QED) is 0.751. The summed E-state index contributed by atoms with van der Waals surface area (Å²) in [5.74, 6) is 0.325. The summed E-state index contributed by atoms with van der Waals surface area (Å²) in [6, 6.07) is 10.4. The number of methoxy groups -OCH3 is 1. The largest absolute Gasteiger partial charge is 0.393 e. The van der Waals surface area contributed by atoms with Crippen LogP contribution in [0.5, 0.6) is 0 Å². The monoisotopic (exact) mass is 236 g/mol. The van der Waals surface area contributed by atoms with E-state index in [0.717, 1.165) is 32.3 Å². The SMILES string of the molecule is COCCC(C)C(O)CCCc1ccccc1. The van der Waals surface area contributed by atoms with Crippen molar-refractivity contribution in [3.05, 3.63) is 35.9 Å². The molecule has 2 unspecified atom stereocenters. The topological polar surface area (TPSA) is 29.5 Å². The van der Waals surface area contributed by atoms with Crippen molar-refractivity contribution in [3.63, 3.8) is 0 Å². The van der Waals surface area contributed by atoms with E-state index in [4.69, 9.17) is 4.74 Å². The maximum Gasteiger partial charge on any atom is 0.0566 e. The Balaban J connectivity index is 2.17. The summed E-state index contributed by atoms with van der Waals surface area (Å²) in [6.07, 6.45) is 3.70. The van der Waals surface area contributed by atoms with E-state index >= 15 is 0 Å². The van der Waals surface area contributed by atoms with Gasteiger partial charge in [0.1, 0.15) is 0 Å². The molecule has 0 fully saturated rings. The maximum atomic E-state index is 9.97. The lowest BCUT2D eigenvalue weighted by Crippen LogP contribution is -2.19. The van der Waals surface area contributed by atoms with Crippen LogP contribution in [0, 0.1) is 5.92 Å². The van der Waals surface area contributed by atoms with Crippen LogP contribution in [0.2, 0.25) is 0 Å². The number of hydrogen-bond acceptors (Lipinski definition) is 2. The van der Waals surface area contributed by atoms with Crippen LogP contribution in [-0.2, 0) is 11.2 Å². The maximum absolute atomic E-state index is 9.97. The Morgan fingerprint density at radius 3 is 2.53 bits per heavy atom. The molecule has 0 aliphatic carbocycles. The van der Waals surface area contributed by atoms with Crippen molar-refractivity contribution in [3.8, 4) is 0 Å². The van der Waals surface area contributed by atoms with E-state index in [9.17, 15) is 5.11 Å². The van der Waals surface area contributed by atoms with Gasteiger partial charge in [-0.3, -0.25) is 0 Å². The molecule has 96 valence electrons. The number of aliphatic hydroxyl groups is 1. The van der Waals surface area contributed by atoms with E-state index in [2.05, 4.69) is 31.2 Å². The Labute approximate surface area is 105 Å². The van der Waals surface area contributed by atoms with Crippen molar-refractivity contribution in [2.75, 3.05) is 13.7 Å². The van der Waals surface area contributed by atoms with E-state index in [1.807, 2.05) is 6.07 Å². The van der Waals surface area contributed by atoms with Crippen molar-refractivity contribution in [1.29, 1.82) is 0 Å². The first-order valence-electron chi connectivity index (χ1n) is 6.45. The molecular formula is C15H24O2. The van der Waals surface area contributed by atoms with Crippen LogP contribution in [-0.4, -0.2) is 24.9 Å². The van der Waals surface area contributed by atoms with Gasteiger partial charge in [0.25, 0.3) is 0 Å². The van der Waals surface area contributed by atoms with E-state index in [1.54, 1.807) is 7.11 Å². The Morgan fingerprint density at radius 1 is 1.18 bits per heavy atom. The van der Waals surface area contributed by atoms with E-state index in [-0.39, 0.29) is 6.10 Å². The van der Waals surface area contributed by atoms with Crippen LogP contribution >= 0.6 is 0 Å². The smallest absolute Gasteiger partial charge is 0.0566 e. The van der Waals surface area contributed by atoms with Gasteiger partial charge in [0.15, 0.2) is 0 Å². The molecule has 0 aliphatic rings. The third-order valence-corrected chi connectivity index (χ3v) is 3.24. The van der Waals surface area contributed by atoms with Gasteiger partial charge in [-0.05, 0) is 37.2 Å². The second-order valence-corrected chi connectivity index (χ2v) is 4.70. The molecule has 0 bridgehead atoms. The van der Waals surface area contributed by atoms with Gasteiger partial charge in [0.2, 0.25) is 0 Å². The molecule has 2 atom stereocenters. The van der Waals surface area contributed by atoms with Crippen LogP contribution in [0.1, 0.15) is 31.7 Å². The van der Waals surface area contributed by atoms with Crippen LogP contribution in [0.25, 0.3) is 0 Å². The molecule has 0 radical (unpaired) electrons. The minimum Gasteiger partial charge on any atom is -0.393 e. The van der Waals surface area contributed by atoms with Gasteiger partial charge in [-0.25, -0.2) is 0 Å². The standard InChI is InChI=1S/C15H24O2/c1-13(11-12-17-2)15(16)10-6-9-14-7-4-3-5-8-14/h3-5,7-8,13,15-16H,6,9-12H2,1-2H3. The van der Waals surface area contributed by atoms with E-state index < -0.39 is 0 Å². The van der Waals surface area contributed by atoms with Crippen LogP contribution in [0.3, 0.4) is 0 Å². The minimum absolute atomic E-state index is 0.200. The highest BCUT2D eigenvalue weighted by Gasteiger charge is 2.13. The molecule has 1 N–H and O–H groups in total. The first-order valence-corrected chi connectivity index (χ1v) is 6.45. The molecule has 17 heavy (non-hydrogen) atoms. The zero-order chi connectivity index (χ0) is 12.5. The molecule has 0 spiro atoms. The van der Waals surface area contributed by atoms with E-state index in [1.165, 1.54) is 5.56 Å². The average Bonchev–Trinajstić information content (AvgIpc) is 2.37. The fraction of sp³-hybridized carbons (Fsp3) is 0.600. The third kappa shape index (κ3) is 5.85. The molecular weight excluding hydrogens is 212 g/mol. The Bertz CT molecular complexity index is 284. The number of aliphatic hydroxyl groups excluding tert-OH is 1. The van der Waals surface area contributed by atoms with Gasteiger partial charge >= 0.3 is 0 Å². The molecule has 0 amide bonds. The van der Waals surface area contributed by atoms with Crippen LogP contribution < -0.4 is 0 Å². The van der Waals surface area contributed by atoms with Gasteiger partial charge in [0, 0.05) is 13.7 Å². The molecule has 0 aliphatic heterocycles. The first-order chi connectivity index (χ1) is 8.24. The Morgan fingerprint density at radius 2 is 1.88 bits per heavy atom. The molecule has 1 rings (SSSR count). The second-order valence-electron chi connectivity index (χ2n) is 4.70. The van der Waals surface area contributed by atoms with Crippen molar-refractivity contribution in [1.82, 2.24) is 0 Å². The lowest BCUT2D eigenvalue weighted by molar-refractivity contribution is 0.0804. The zero-order valence-electron chi connectivity index (χ0n) is 10.9. The fourth-order valence-corrected chi connectivity index (χ4v) is 1.94. The highest BCUT2D eigenvalue weighted by molar-refractivity contribution is 5.14. The van der Waals surface area contributed by atoms with Gasteiger partial charge in [-0.1, -0.05) is 37.3 Å². The summed E-state index contributed by atoms with van der Waals surface area (Å²) in [6.45, 7) is 2.82. The van der Waals surface area contributed by atoms with Gasteiger partial charge in [-0.15, -0.1) is 0 Å². The molecule has 0 heterocycles. The van der Waals surface area contributed by atoms with Gasteiger partial charge in [-0.2, -0.15) is 0 Å².